The highest BCUT2D eigenvalue weighted by molar-refractivity contribution is 5.93. The Morgan fingerprint density at radius 2 is 2.42 bits per heavy atom. The first-order chi connectivity index (χ1) is 5.65. The number of carbonyl (C=O) groups excluding carboxylic acids is 1. The number of aryl methyl sites for hydroxylation is 1. The molecule has 0 aliphatic heterocycles. The molecule has 0 aliphatic carbocycles. The van der Waals surface area contributed by atoms with E-state index in [2.05, 4.69) is 9.97 Å². The fourth-order valence-electron chi connectivity index (χ4n) is 0.921. The van der Waals surface area contributed by atoms with E-state index in [1.165, 1.54) is 6.20 Å². The van der Waals surface area contributed by atoms with Crippen molar-refractivity contribution in [3.05, 3.63) is 27.9 Å². The normalized spacial score (nSPS) is 9.75. The van der Waals surface area contributed by atoms with Crippen molar-refractivity contribution < 1.29 is 4.79 Å². The summed E-state index contributed by atoms with van der Waals surface area (Å²) in [6.45, 7) is 1.82. The number of aromatic amines is 1. The number of carbonyl (C=O) groups is 1. The minimum Gasteiger partial charge on any atom is -0.365 e. The molecular formula is C7H9N3O2. The third-order valence-electron chi connectivity index (χ3n) is 1.51. The number of H-pyrrole nitrogens is 1. The topological polar surface area (TPSA) is 88.8 Å². The van der Waals surface area contributed by atoms with Crippen LogP contribution in [0.2, 0.25) is 0 Å². The molecule has 5 nitrogen and oxygen atoms in total. The van der Waals surface area contributed by atoms with Gasteiger partial charge in [-0.15, -0.1) is 0 Å². The van der Waals surface area contributed by atoms with Gasteiger partial charge < -0.3 is 10.7 Å². The third kappa shape index (κ3) is 1.50. The smallest absolute Gasteiger partial charge is 0.345 e. The second kappa shape index (κ2) is 3.17. The Kier molecular flexibility index (Phi) is 2.23. The van der Waals surface area contributed by atoms with Crippen LogP contribution in [-0.2, 0) is 6.42 Å². The molecule has 1 aromatic heterocycles. The van der Waals surface area contributed by atoms with Crippen LogP contribution < -0.4 is 11.4 Å². The van der Waals surface area contributed by atoms with E-state index in [4.69, 9.17) is 5.73 Å². The molecule has 0 unspecified atom stereocenters. The van der Waals surface area contributed by atoms with Gasteiger partial charge in [0.2, 0.25) is 0 Å². The third-order valence-corrected chi connectivity index (χ3v) is 1.51. The molecule has 1 heterocycles. The second-order valence-corrected chi connectivity index (χ2v) is 2.30. The van der Waals surface area contributed by atoms with E-state index < -0.39 is 11.6 Å². The van der Waals surface area contributed by atoms with E-state index in [-0.39, 0.29) is 5.56 Å². The maximum atomic E-state index is 10.8. The van der Waals surface area contributed by atoms with Gasteiger partial charge in [0, 0.05) is 11.9 Å². The summed E-state index contributed by atoms with van der Waals surface area (Å²) in [6, 6.07) is 0. The molecule has 12 heavy (non-hydrogen) atoms. The van der Waals surface area contributed by atoms with Crippen molar-refractivity contribution in [1.82, 2.24) is 9.97 Å². The van der Waals surface area contributed by atoms with Gasteiger partial charge in [-0.25, -0.2) is 9.78 Å². The summed E-state index contributed by atoms with van der Waals surface area (Å²) >= 11 is 0. The van der Waals surface area contributed by atoms with Crippen molar-refractivity contribution in [3.8, 4) is 0 Å². The van der Waals surface area contributed by atoms with E-state index in [0.717, 1.165) is 0 Å². The van der Waals surface area contributed by atoms with Crippen molar-refractivity contribution in [2.45, 2.75) is 13.3 Å². The van der Waals surface area contributed by atoms with Crippen molar-refractivity contribution in [2.75, 3.05) is 0 Å². The second-order valence-electron chi connectivity index (χ2n) is 2.30. The van der Waals surface area contributed by atoms with Crippen LogP contribution in [0.1, 0.15) is 23.0 Å². The minimum atomic E-state index is -0.574. The summed E-state index contributed by atoms with van der Waals surface area (Å²) in [5.74, 6) is -0.574. The lowest BCUT2D eigenvalue weighted by Gasteiger charge is -2.00. The number of nitrogens with zero attached hydrogens (tertiary/aromatic N) is 1. The standard InChI is InChI=1S/C7H9N3O2/c1-2-5-4(6(8)11)3-9-7(12)10-5/h3H,2H2,1H3,(H2,8,11)(H,9,10,12). The summed E-state index contributed by atoms with van der Waals surface area (Å²) in [4.78, 5) is 27.3. The van der Waals surface area contributed by atoms with Gasteiger partial charge in [-0.3, -0.25) is 4.79 Å². The maximum absolute atomic E-state index is 10.8. The monoisotopic (exact) mass is 167 g/mol. The molecular weight excluding hydrogens is 158 g/mol. The molecule has 0 spiro atoms. The Labute approximate surface area is 68.6 Å². The number of hydrogen-bond donors (Lipinski definition) is 2. The van der Waals surface area contributed by atoms with Gasteiger partial charge in [-0.2, -0.15) is 0 Å². The quantitative estimate of drug-likeness (QED) is 0.618. The predicted octanol–water partition coefficient (Wildman–Crippen LogP) is -0.569. The number of amides is 1. The van der Waals surface area contributed by atoms with Crippen LogP contribution in [0.5, 0.6) is 0 Å². The van der Waals surface area contributed by atoms with Gasteiger partial charge in [0.15, 0.2) is 0 Å². The number of nitrogens with two attached hydrogens (primary N) is 1. The molecule has 0 saturated carbocycles. The van der Waals surface area contributed by atoms with E-state index in [9.17, 15) is 9.59 Å². The Morgan fingerprint density at radius 3 is 2.92 bits per heavy atom. The zero-order valence-corrected chi connectivity index (χ0v) is 6.63. The number of rotatable bonds is 2. The molecule has 5 heteroatoms. The highest BCUT2D eigenvalue weighted by atomic mass is 16.1. The lowest BCUT2D eigenvalue weighted by atomic mass is 10.2. The van der Waals surface area contributed by atoms with Crippen LogP contribution in [0, 0.1) is 0 Å². The van der Waals surface area contributed by atoms with Crippen molar-refractivity contribution in [3.63, 3.8) is 0 Å². The predicted molar refractivity (Wildman–Crippen MR) is 42.8 cm³/mol. The largest absolute Gasteiger partial charge is 0.365 e. The van der Waals surface area contributed by atoms with E-state index in [1.54, 1.807) is 0 Å². The fourth-order valence-corrected chi connectivity index (χ4v) is 0.921. The molecule has 0 atom stereocenters. The first-order valence-corrected chi connectivity index (χ1v) is 3.53. The van der Waals surface area contributed by atoms with Crippen LogP contribution >= 0.6 is 0 Å². The van der Waals surface area contributed by atoms with Crippen molar-refractivity contribution >= 4 is 5.91 Å². The Morgan fingerprint density at radius 1 is 1.75 bits per heavy atom. The fraction of sp³-hybridized carbons (Fsp3) is 0.286. The molecule has 1 aromatic rings. The van der Waals surface area contributed by atoms with Gasteiger partial charge in [0.1, 0.15) is 0 Å². The summed E-state index contributed by atoms with van der Waals surface area (Å²) in [7, 11) is 0. The Bertz CT molecular complexity index is 356. The van der Waals surface area contributed by atoms with Gasteiger partial charge in [0.05, 0.1) is 5.56 Å². The average molecular weight is 167 g/mol. The Hall–Kier alpha value is -1.65. The average Bonchev–Trinajstić information content (AvgIpc) is 2.03. The highest BCUT2D eigenvalue weighted by Crippen LogP contribution is 2.00. The summed E-state index contributed by atoms with van der Waals surface area (Å²) in [6.07, 6.45) is 1.75. The number of aromatic nitrogens is 2. The first-order valence-electron chi connectivity index (χ1n) is 3.53. The minimum absolute atomic E-state index is 0.275. The highest BCUT2D eigenvalue weighted by Gasteiger charge is 2.06. The van der Waals surface area contributed by atoms with Gasteiger partial charge in [-0.05, 0) is 6.42 Å². The van der Waals surface area contributed by atoms with E-state index in [0.29, 0.717) is 12.1 Å². The number of hydrogen-bond acceptors (Lipinski definition) is 3. The van der Waals surface area contributed by atoms with E-state index in [1.807, 2.05) is 6.92 Å². The van der Waals surface area contributed by atoms with Crippen molar-refractivity contribution in [2.24, 2.45) is 5.73 Å². The zero-order valence-electron chi connectivity index (χ0n) is 6.63. The molecule has 1 amide bonds. The summed E-state index contributed by atoms with van der Waals surface area (Å²) in [5.41, 5.74) is 5.38. The summed E-state index contributed by atoms with van der Waals surface area (Å²) in [5, 5.41) is 0. The lowest BCUT2D eigenvalue weighted by molar-refractivity contribution is 0.0998. The zero-order chi connectivity index (χ0) is 9.14. The van der Waals surface area contributed by atoms with Crippen LogP contribution in [0.15, 0.2) is 11.0 Å². The summed E-state index contributed by atoms with van der Waals surface area (Å²) < 4.78 is 0. The molecule has 0 saturated heterocycles. The van der Waals surface area contributed by atoms with Crippen LogP contribution in [0.4, 0.5) is 0 Å². The van der Waals surface area contributed by atoms with Crippen LogP contribution in [-0.4, -0.2) is 15.9 Å². The molecule has 64 valence electrons. The van der Waals surface area contributed by atoms with Crippen LogP contribution in [0.3, 0.4) is 0 Å². The van der Waals surface area contributed by atoms with Crippen molar-refractivity contribution in [1.29, 1.82) is 0 Å². The van der Waals surface area contributed by atoms with Gasteiger partial charge in [-0.1, -0.05) is 6.92 Å². The number of primary amides is 1. The first kappa shape index (κ1) is 8.45. The van der Waals surface area contributed by atoms with Gasteiger partial charge >= 0.3 is 5.69 Å². The molecule has 1 rings (SSSR count). The molecule has 3 N–H and O–H groups in total. The maximum Gasteiger partial charge on any atom is 0.345 e. The van der Waals surface area contributed by atoms with Gasteiger partial charge in [0.25, 0.3) is 5.91 Å². The SMILES string of the molecule is CCc1[nH]c(=O)ncc1C(N)=O. The molecule has 0 fully saturated rings. The molecule has 0 bridgehead atoms. The molecule has 0 aromatic carbocycles. The number of nitrogens with one attached hydrogen (secondary N) is 1. The lowest BCUT2D eigenvalue weighted by Crippen LogP contribution is -2.20. The molecule has 0 radical (unpaired) electrons. The Balaban J connectivity index is 3.29. The van der Waals surface area contributed by atoms with Crippen LogP contribution in [0.25, 0.3) is 0 Å². The molecule has 0 aliphatic rings. The van der Waals surface area contributed by atoms with E-state index >= 15 is 0 Å².